The van der Waals surface area contributed by atoms with Crippen LogP contribution >= 0.6 is 0 Å². The maximum Gasteiger partial charge on any atom is 0.0872 e. The lowest BCUT2D eigenvalue weighted by Gasteiger charge is -2.16. The predicted octanol–water partition coefficient (Wildman–Crippen LogP) is 12.3. The summed E-state index contributed by atoms with van der Waals surface area (Å²) in [5.41, 5.74) is 12.3. The SMILES string of the molecule is Cc1ccnc(-c2cc3ccccc3n2-c2ccc(-c3cccc(-c4c5ccc6ccccc6c5nc5c4ccc4ccccc45)c3)cc2)c1. The summed E-state index contributed by atoms with van der Waals surface area (Å²) in [5.74, 6) is 0. The summed E-state index contributed by atoms with van der Waals surface area (Å²) in [6, 6.07) is 59.0. The van der Waals surface area contributed by atoms with Gasteiger partial charge in [-0.3, -0.25) is 4.98 Å². The maximum atomic E-state index is 5.38. The Balaban J connectivity index is 1.14. The van der Waals surface area contributed by atoms with Crippen LogP contribution in [0.3, 0.4) is 0 Å². The third-order valence-electron chi connectivity index (χ3n) is 10.1. The summed E-state index contributed by atoms with van der Waals surface area (Å²) >= 11 is 0. The molecule has 0 unspecified atom stereocenters. The highest BCUT2D eigenvalue weighted by Gasteiger charge is 2.17. The Bertz CT molecular complexity index is 2840. The fraction of sp³-hybridized carbons (Fsp3) is 0.0213. The first-order valence-electron chi connectivity index (χ1n) is 17.1. The molecule has 0 spiro atoms. The number of benzene rings is 7. The second-order valence-corrected chi connectivity index (χ2v) is 13.1. The Hall–Kier alpha value is -6.58. The van der Waals surface area contributed by atoms with Crippen LogP contribution in [0.15, 0.2) is 170 Å². The first-order valence-corrected chi connectivity index (χ1v) is 17.1. The van der Waals surface area contributed by atoms with Gasteiger partial charge in [-0.1, -0.05) is 121 Å². The van der Waals surface area contributed by atoms with Crippen LogP contribution in [0.5, 0.6) is 0 Å². The van der Waals surface area contributed by atoms with Gasteiger partial charge in [-0.15, -0.1) is 0 Å². The molecule has 0 atom stereocenters. The average Bonchev–Trinajstić information content (AvgIpc) is 3.57. The molecule has 0 saturated heterocycles. The van der Waals surface area contributed by atoms with Gasteiger partial charge in [0.05, 0.1) is 27.9 Å². The van der Waals surface area contributed by atoms with Gasteiger partial charge in [0.1, 0.15) is 0 Å². The lowest BCUT2D eigenvalue weighted by Crippen LogP contribution is -1.98. The monoisotopic (exact) mass is 637 g/mol. The molecule has 3 nitrogen and oxygen atoms in total. The van der Waals surface area contributed by atoms with Gasteiger partial charge in [-0.25, -0.2) is 4.98 Å². The number of hydrogen-bond donors (Lipinski definition) is 0. The van der Waals surface area contributed by atoms with Crippen LogP contribution in [-0.2, 0) is 0 Å². The van der Waals surface area contributed by atoms with E-state index in [-0.39, 0.29) is 0 Å². The van der Waals surface area contributed by atoms with E-state index >= 15 is 0 Å². The highest BCUT2D eigenvalue weighted by Crippen LogP contribution is 2.41. The molecule has 10 rings (SSSR count). The van der Waals surface area contributed by atoms with Crippen LogP contribution in [0.25, 0.3) is 93.6 Å². The van der Waals surface area contributed by atoms with Crippen molar-refractivity contribution in [1.82, 2.24) is 14.5 Å². The molecule has 3 heteroatoms. The van der Waals surface area contributed by atoms with E-state index in [1.54, 1.807) is 0 Å². The van der Waals surface area contributed by atoms with Gasteiger partial charge in [0.2, 0.25) is 0 Å². The highest BCUT2D eigenvalue weighted by molar-refractivity contribution is 6.21. The van der Waals surface area contributed by atoms with Gasteiger partial charge in [0.25, 0.3) is 0 Å². The number of hydrogen-bond acceptors (Lipinski definition) is 2. The van der Waals surface area contributed by atoms with Crippen LogP contribution in [0.4, 0.5) is 0 Å². The smallest absolute Gasteiger partial charge is 0.0872 e. The molecule has 0 fully saturated rings. The van der Waals surface area contributed by atoms with Crippen molar-refractivity contribution < 1.29 is 0 Å². The Labute approximate surface area is 289 Å². The number of rotatable bonds is 4. The van der Waals surface area contributed by atoms with E-state index in [1.165, 1.54) is 54.7 Å². The van der Waals surface area contributed by atoms with Crippen molar-refractivity contribution in [1.29, 1.82) is 0 Å². The first kappa shape index (κ1) is 28.4. The van der Waals surface area contributed by atoms with Gasteiger partial charge in [0.15, 0.2) is 0 Å². The summed E-state index contributed by atoms with van der Waals surface area (Å²) in [6.45, 7) is 2.11. The lowest BCUT2D eigenvalue weighted by molar-refractivity contribution is 1.11. The number of aryl methyl sites for hydroxylation is 1. The van der Waals surface area contributed by atoms with Crippen LogP contribution in [-0.4, -0.2) is 14.5 Å². The number of nitrogens with zero attached hydrogens (tertiary/aromatic N) is 3. The van der Waals surface area contributed by atoms with Crippen molar-refractivity contribution >= 4 is 54.3 Å². The fourth-order valence-electron chi connectivity index (χ4n) is 7.68. The van der Waals surface area contributed by atoms with E-state index < -0.39 is 0 Å². The molecule has 0 aliphatic heterocycles. The van der Waals surface area contributed by atoms with Gasteiger partial charge < -0.3 is 4.57 Å². The Morgan fingerprint density at radius 2 is 1.10 bits per heavy atom. The Kier molecular flexibility index (Phi) is 6.40. The van der Waals surface area contributed by atoms with E-state index in [2.05, 4.69) is 169 Å². The largest absolute Gasteiger partial charge is 0.308 e. The molecule has 10 aromatic rings. The summed E-state index contributed by atoms with van der Waals surface area (Å²) in [6.07, 6.45) is 1.89. The molecule has 3 aromatic heterocycles. The van der Waals surface area contributed by atoms with Crippen molar-refractivity contribution in [2.24, 2.45) is 0 Å². The zero-order chi connectivity index (χ0) is 33.2. The van der Waals surface area contributed by atoms with E-state index in [0.717, 1.165) is 44.4 Å². The van der Waals surface area contributed by atoms with Gasteiger partial charge in [0, 0.05) is 44.4 Å². The number of fused-ring (bicyclic) bond motifs is 7. The molecule has 0 aliphatic carbocycles. The van der Waals surface area contributed by atoms with E-state index in [1.807, 2.05) is 12.3 Å². The quantitative estimate of drug-likeness (QED) is 0.142. The number of para-hydroxylation sites is 1. The minimum absolute atomic E-state index is 0.968. The Morgan fingerprint density at radius 3 is 1.80 bits per heavy atom. The van der Waals surface area contributed by atoms with E-state index in [4.69, 9.17) is 9.97 Å². The molecular weight excluding hydrogens is 607 g/mol. The Morgan fingerprint density at radius 1 is 0.460 bits per heavy atom. The van der Waals surface area contributed by atoms with Crippen LogP contribution < -0.4 is 0 Å². The molecule has 7 aromatic carbocycles. The predicted molar refractivity (Wildman–Crippen MR) is 210 cm³/mol. The molecule has 0 N–H and O–H groups in total. The summed E-state index contributed by atoms with van der Waals surface area (Å²) in [5, 5.41) is 8.26. The molecule has 0 aliphatic rings. The molecule has 0 amide bonds. The summed E-state index contributed by atoms with van der Waals surface area (Å²) in [4.78, 5) is 10.1. The van der Waals surface area contributed by atoms with E-state index in [9.17, 15) is 0 Å². The normalized spacial score (nSPS) is 11.7. The van der Waals surface area contributed by atoms with Gasteiger partial charge in [-0.2, -0.15) is 0 Å². The molecule has 3 heterocycles. The van der Waals surface area contributed by atoms with Crippen LogP contribution in [0.2, 0.25) is 0 Å². The molecular formula is C47H31N3. The zero-order valence-electron chi connectivity index (χ0n) is 27.5. The van der Waals surface area contributed by atoms with Crippen molar-refractivity contribution in [3.8, 4) is 39.3 Å². The second-order valence-electron chi connectivity index (χ2n) is 13.1. The van der Waals surface area contributed by atoms with Crippen molar-refractivity contribution in [3.63, 3.8) is 0 Å². The minimum atomic E-state index is 0.968. The summed E-state index contributed by atoms with van der Waals surface area (Å²) in [7, 11) is 0. The highest BCUT2D eigenvalue weighted by atomic mass is 15.0. The third-order valence-corrected chi connectivity index (χ3v) is 10.1. The fourth-order valence-corrected chi connectivity index (χ4v) is 7.68. The van der Waals surface area contributed by atoms with E-state index in [0.29, 0.717) is 0 Å². The van der Waals surface area contributed by atoms with Crippen LogP contribution in [0, 0.1) is 6.92 Å². The minimum Gasteiger partial charge on any atom is -0.308 e. The number of pyridine rings is 2. The number of aromatic nitrogens is 3. The standard InChI is InChI=1S/C47H31N3/c1-30-25-26-48-42(27-30)44-29-35-11-4-7-16-43(35)50(44)37-21-17-31(18-22-37)34-12-8-13-36(28-34)45-40-23-19-32-9-2-5-14-38(32)46(40)49-47-39-15-6-3-10-33(39)20-24-41(45)47/h2-29H,1H3. The lowest BCUT2D eigenvalue weighted by atomic mass is 9.91. The molecule has 0 saturated carbocycles. The summed E-state index contributed by atoms with van der Waals surface area (Å²) < 4.78 is 2.32. The molecule has 0 bridgehead atoms. The third kappa shape index (κ3) is 4.52. The van der Waals surface area contributed by atoms with Crippen LogP contribution in [0.1, 0.15) is 5.56 Å². The maximum absolute atomic E-state index is 5.38. The van der Waals surface area contributed by atoms with Crippen molar-refractivity contribution in [2.45, 2.75) is 6.92 Å². The van der Waals surface area contributed by atoms with Gasteiger partial charge >= 0.3 is 0 Å². The zero-order valence-corrected chi connectivity index (χ0v) is 27.5. The second kappa shape index (κ2) is 11.3. The average molecular weight is 638 g/mol. The van der Waals surface area contributed by atoms with Crippen molar-refractivity contribution in [3.05, 3.63) is 176 Å². The molecule has 234 valence electrons. The van der Waals surface area contributed by atoms with Crippen molar-refractivity contribution in [2.75, 3.05) is 0 Å². The topological polar surface area (TPSA) is 30.7 Å². The molecule has 0 radical (unpaired) electrons. The van der Waals surface area contributed by atoms with Gasteiger partial charge in [-0.05, 0) is 82.4 Å². The molecule has 50 heavy (non-hydrogen) atoms. The first-order chi connectivity index (χ1) is 24.7.